The molecule has 102 valence electrons. The van der Waals surface area contributed by atoms with Crippen molar-refractivity contribution in [2.45, 2.75) is 4.90 Å². The van der Waals surface area contributed by atoms with Gasteiger partial charge in [0.2, 0.25) is 0 Å². The van der Waals surface area contributed by atoms with E-state index in [1.54, 1.807) is 48.0 Å². The summed E-state index contributed by atoms with van der Waals surface area (Å²) < 4.78 is 29.1. The maximum Gasteiger partial charge on any atom is 0.261 e. The van der Waals surface area contributed by atoms with Crippen LogP contribution in [0.1, 0.15) is 0 Å². The van der Waals surface area contributed by atoms with Crippen molar-refractivity contribution in [3.63, 3.8) is 0 Å². The van der Waals surface area contributed by atoms with Gasteiger partial charge in [-0.2, -0.15) is 0 Å². The zero-order chi connectivity index (χ0) is 14.2. The number of benzene rings is 2. The van der Waals surface area contributed by atoms with Crippen LogP contribution in [0, 0.1) is 3.57 Å². The predicted molar refractivity (Wildman–Crippen MR) is 89.6 cm³/mol. The predicted octanol–water partition coefficient (Wildman–Crippen LogP) is 3.70. The van der Waals surface area contributed by atoms with Gasteiger partial charge in [-0.25, -0.2) is 13.4 Å². The first kappa shape index (κ1) is 13.8. The molecule has 1 aromatic heterocycles. The van der Waals surface area contributed by atoms with Crippen LogP contribution >= 0.6 is 33.9 Å². The van der Waals surface area contributed by atoms with Crippen molar-refractivity contribution in [3.8, 4) is 0 Å². The van der Waals surface area contributed by atoms with E-state index in [2.05, 4.69) is 32.3 Å². The molecule has 4 nitrogen and oxygen atoms in total. The molecule has 0 unspecified atom stereocenters. The summed E-state index contributed by atoms with van der Waals surface area (Å²) in [5.41, 5.74) is 3.15. The largest absolute Gasteiger partial charge is 0.280 e. The average Bonchev–Trinajstić information content (AvgIpc) is 2.86. The zero-order valence-corrected chi connectivity index (χ0v) is 13.9. The molecule has 20 heavy (non-hydrogen) atoms. The van der Waals surface area contributed by atoms with Gasteiger partial charge >= 0.3 is 0 Å². The lowest BCUT2D eigenvalue weighted by molar-refractivity contribution is 0.601. The van der Waals surface area contributed by atoms with Crippen LogP contribution in [0.15, 0.2) is 52.9 Å². The first-order valence-electron chi connectivity index (χ1n) is 5.66. The summed E-state index contributed by atoms with van der Waals surface area (Å²) in [6, 6.07) is 12.0. The summed E-state index contributed by atoms with van der Waals surface area (Å²) in [6.07, 6.45) is 0. The number of anilines is 1. The fourth-order valence-electron chi connectivity index (χ4n) is 1.75. The molecule has 0 saturated carbocycles. The standard InChI is InChI=1S/C13H9IN2O2S2/c14-9-1-4-11(5-2-9)20(17,18)16-10-3-6-12-13(7-10)19-8-15-12/h1-8,16H. The first-order chi connectivity index (χ1) is 9.54. The van der Waals surface area contributed by atoms with Crippen molar-refractivity contribution in [2.24, 2.45) is 0 Å². The van der Waals surface area contributed by atoms with E-state index >= 15 is 0 Å². The Kier molecular flexibility index (Phi) is 3.65. The van der Waals surface area contributed by atoms with Crippen molar-refractivity contribution in [2.75, 3.05) is 4.72 Å². The molecule has 7 heteroatoms. The number of hydrogen-bond acceptors (Lipinski definition) is 4. The highest BCUT2D eigenvalue weighted by Gasteiger charge is 2.14. The first-order valence-corrected chi connectivity index (χ1v) is 9.10. The summed E-state index contributed by atoms with van der Waals surface area (Å²) in [5.74, 6) is 0. The van der Waals surface area contributed by atoms with E-state index in [4.69, 9.17) is 0 Å². The van der Waals surface area contributed by atoms with Gasteiger partial charge in [-0.15, -0.1) is 11.3 Å². The lowest BCUT2D eigenvalue weighted by Crippen LogP contribution is -2.12. The number of rotatable bonds is 3. The highest BCUT2D eigenvalue weighted by molar-refractivity contribution is 14.1. The normalized spacial score (nSPS) is 11.7. The van der Waals surface area contributed by atoms with Gasteiger partial charge in [0.1, 0.15) is 0 Å². The Morgan fingerprint density at radius 3 is 2.60 bits per heavy atom. The van der Waals surface area contributed by atoms with Crippen LogP contribution in [0.4, 0.5) is 5.69 Å². The monoisotopic (exact) mass is 416 g/mol. The summed E-state index contributed by atoms with van der Waals surface area (Å²) in [7, 11) is -3.55. The fourth-order valence-corrected chi connectivity index (χ4v) is 3.87. The van der Waals surface area contributed by atoms with Crippen LogP contribution in [0.25, 0.3) is 10.2 Å². The van der Waals surface area contributed by atoms with E-state index in [0.717, 1.165) is 13.8 Å². The topological polar surface area (TPSA) is 59.1 Å². The molecule has 3 aromatic rings. The number of thiazole rings is 1. The molecular weight excluding hydrogens is 407 g/mol. The lowest BCUT2D eigenvalue weighted by atomic mass is 10.3. The molecule has 0 aliphatic heterocycles. The molecule has 1 N–H and O–H groups in total. The number of halogens is 1. The van der Waals surface area contributed by atoms with Gasteiger partial charge in [-0.1, -0.05) is 0 Å². The smallest absolute Gasteiger partial charge is 0.261 e. The minimum Gasteiger partial charge on any atom is -0.280 e. The Morgan fingerprint density at radius 2 is 1.85 bits per heavy atom. The molecule has 0 radical (unpaired) electrons. The molecule has 3 rings (SSSR count). The number of hydrogen-bond donors (Lipinski definition) is 1. The van der Waals surface area contributed by atoms with E-state index in [0.29, 0.717) is 5.69 Å². The second kappa shape index (κ2) is 5.30. The van der Waals surface area contributed by atoms with Crippen molar-refractivity contribution >= 4 is 59.9 Å². The molecule has 0 bridgehead atoms. The molecule has 0 saturated heterocycles. The van der Waals surface area contributed by atoms with E-state index in [1.165, 1.54) is 11.3 Å². The summed E-state index contributed by atoms with van der Waals surface area (Å²) in [6.45, 7) is 0. The van der Waals surface area contributed by atoms with Crippen molar-refractivity contribution < 1.29 is 8.42 Å². The molecule has 1 heterocycles. The quantitative estimate of drug-likeness (QED) is 0.663. The SMILES string of the molecule is O=S(=O)(Nc1ccc2ncsc2c1)c1ccc(I)cc1. The lowest BCUT2D eigenvalue weighted by Gasteiger charge is -2.08. The Labute approximate surface area is 134 Å². The third kappa shape index (κ3) is 2.79. The maximum atomic E-state index is 12.3. The number of nitrogens with zero attached hydrogens (tertiary/aromatic N) is 1. The Morgan fingerprint density at radius 1 is 1.10 bits per heavy atom. The van der Waals surface area contributed by atoms with Gasteiger partial charge in [0.05, 0.1) is 26.3 Å². The van der Waals surface area contributed by atoms with Crippen molar-refractivity contribution in [1.82, 2.24) is 4.98 Å². The number of sulfonamides is 1. The van der Waals surface area contributed by atoms with E-state index < -0.39 is 10.0 Å². The van der Waals surface area contributed by atoms with E-state index in [-0.39, 0.29) is 4.90 Å². The molecular formula is C13H9IN2O2S2. The third-order valence-electron chi connectivity index (χ3n) is 2.71. The highest BCUT2D eigenvalue weighted by atomic mass is 127. The van der Waals surface area contributed by atoms with Gasteiger partial charge in [0.15, 0.2) is 0 Å². The molecule has 0 atom stereocenters. The molecule has 0 aliphatic rings. The Bertz CT molecular complexity index is 857. The van der Waals surface area contributed by atoms with Crippen molar-refractivity contribution in [1.29, 1.82) is 0 Å². The van der Waals surface area contributed by atoms with Crippen LogP contribution < -0.4 is 4.72 Å². The van der Waals surface area contributed by atoms with E-state index in [9.17, 15) is 8.42 Å². The van der Waals surface area contributed by atoms with Crippen LogP contribution in [-0.2, 0) is 10.0 Å². The third-order valence-corrected chi connectivity index (χ3v) is 5.62. The second-order valence-corrected chi connectivity index (χ2v) is 7.91. The number of nitrogens with one attached hydrogen (secondary N) is 1. The number of aromatic nitrogens is 1. The van der Waals surface area contributed by atoms with Gasteiger partial charge in [-0.3, -0.25) is 4.72 Å². The van der Waals surface area contributed by atoms with Crippen LogP contribution in [0.5, 0.6) is 0 Å². The second-order valence-electron chi connectivity index (χ2n) is 4.09. The average molecular weight is 416 g/mol. The van der Waals surface area contributed by atoms with Crippen LogP contribution in [-0.4, -0.2) is 13.4 Å². The van der Waals surface area contributed by atoms with Crippen molar-refractivity contribution in [3.05, 3.63) is 51.5 Å². The highest BCUT2D eigenvalue weighted by Crippen LogP contribution is 2.24. The van der Waals surface area contributed by atoms with E-state index in [1.807, 2.05) is 0 Å². The van der Waals surface area contributed by atoms with Crippen LogP contribution in [0.2, 0.25) is 0 Å². The van der Waals surface area contributed by atoms with Gasteiger partial charge in [0, 0.05) is 3.57 Å². The zero-order valence-electron chi connectivity index (χ0n) is 10.1. The Hall–Kier alpha value is -1.19. The van der Waals surface area contributed by atoms with Gasteiger partial charge in [0.25, 0.3) is 10.0 Å². The molecule has 0 amide bonds. The summed E-state index contributed by atoms with van der Waals surface area (Å²) in [5, 5.41) is 0. The molecule has 0 spiro atoms. The Balaban J connectivity index is 1.94. The maximum absolute atomic E-state index is 12.3. The molecule has 0 fully saturated rings. The number of fused-ring (bicyclic) bond motifs is 1. The van der Waals surface area contributed by atoms with Crippen LogP contribution in [0.3, 0.4) is 0 Å². The minimum absolute atomic E-state index is 0.252. The molecule has 0 aliphatic carbocycles. The van der Waals surface area contributed by atoms with Gasteiger partial charge < -0.3 is 0 Å². The minimum atomic E-state index is -3.55. The molecule has 2 aromatic carbocycles. The summed E-state index contributed by atoms with van der Waals surface area (Å²) in [4.78, 5) is 4.42. The summed E-state index contributed by atoms with van der Waals surface area (Å²) >= 11 is 3.61. The van der Waals surface area contributed by atoms with Gasteiger partial charge in [-0.05, 0) is 65.1 Å². The fraction of sp³-hybridized carbons (Fsp3) is 0.